The maximum Gasteiger partial charge on any atom is 0.161 e. The van der Waals surface area contributed by atoms with Gasteiger partial charge in [-0.1, -0.05) is 33.3 Å². The summed E-state index contributed by atoms with van der Waals surface area (Å²) in [5.74, 6) is 1.60. The van der Waals surface area contributed by atoms with Gasteiger partial charge in [-0.3, -0.25) is 4.90 Å². The maximum absolute atomic E-state index is 5.97. The zero-order valence-corrected chi connectivity index (χ0v) is 13.9. The zero-order chi connectivity index (χ0) is 15.7. The molecule has 21 heavy (non-hydrogen) atoms. The molecule has 0 heterocycles. The standard InChI is InChI=1S/C17H30N2O2/c1-5-8-11-21-16-10-9-14(12-17(16)20-4)15(13-18)19(6-2)7-3/h9-10,12,15H,5-8,11,13,18H2,1-4H3. The normalized spacial score (nSPS) is 12.5. The van der Waals surface area contributed by atoms with Gasteiger partial charge in [0.2, 0.25) is 0 Å². The summed E-state index contributed by atoms with van der Waals surface area (Å²) in [7, 11) is 1.68. The lowest BCUT2D eigenvalue weighted by Crippen LogP contribution is -2.33. The van der Waals surface area contributed by atoms with Gasteiger partial charge in [0, 0.05) is 12.6 Å². The predicted octanol–water partition coefficient (Wildman–Crippen LogP) is 3.22. The lowest BCUT2D eigenvalue weighted by Gasteiger charge is -2.29. The molecule has 0 saturated heterocycles. The maximum atomic E-state index is 5.97. The summed E-state index contributed by atoms with van der Waals surface area (Å²) < 4.78 is 11.3. The van der Waals surface area contributed by atoms with Gasteiger partial charge in [-0.2, -0.15) is 0 Å². The molecule has 2 N–H and O–H groups in total. The molecule has 4 heteroatoms. The second kappa shape index (κ2) is 9.64. The number of nitrogens with two attached hydrogens (primary N) is 1. The highest BCUT2D eigenvalue weighted by atomic mass is 16.5. The van der Waals surface area contributed by atoms with Gasteiger partial charge in [-0.05, 0) is 37.2 Å². The lowest BCUT2D eigenvalue weighted by molar-refractivity contribution is 0.223. The molecule has 0 amide bonds. The van der Waals surface area contributed by atoms with Crippen molar-refractivity contribution in [1.82, 2.24) is 4.90 Å². The second-order valence-electron chi connectivity index (χ2n) is 5.09. The van der Waals surface area contributed by atoms with Gasteiger partial charge in [-0.15, -0.1) is 0 Å². The fourth-order valence-corrected chi connectivity index (χ4v) is 2.50. The van der Waals surface area contributed by atoms with E-state index >= 15 is 0 Å². The van der Waals surface area contributed by atoms with E-state index in [-0.39, 0.29) is 6.04 Å². The molecule has 0 saturated carbocycles. The van der Waals surface area contributed by atoms with Gasteiger partial charge >= 0.3 is 0 Å². The Morgan fingerprint density at radius 3 is 2.38 bits per heavy atom. The predicted molar refractivity (Wildman–Crippen MR) is 88.1 cm³/mol. The Hall–Kier alpha value is -1.26. The monoisotopic (exact) mass is 294 g/mol. The first kappa shape index (κ1) is 17.8. The van der Waals surface area contributed by atoms with Crippen molar-refractivity contribution < 1.29 is 9.47 Å². The van der Waals surface area contributed by atoms with Crippen LogP contribution in [0.5, 0.6) is 11.5 Å². The minimum atomic E-state index is 0.221. The largest absolute Gasteiger partial charge is 0.493 e. The van der Waals surface area contributed by atoms with Gasteiger partial charge in [0.1, 0.15) is 0 Å². The summed E-state index contributed by atoms with van der Waals surface area (Å²) in [6.07, 6.45) is 2.17. The van der Waals surface area contributed by atoms with E-state index in [0.717, 1.165) is 44.0 Å². The highest BCUT2D eigenvalue weighted by Gasteiger charge is 2.18. The van der Waals surface area contributed by atoms with Crippen LogP contribution in [0.15, 0.2) is 18.2 Å². The first-order chi connectivity index (χ1) is 10.2. The first-order valence-electron chi connectivity index (χ1n) is 7.96. The molecule has 1 atom stereocenters. The molecule has 1 aromatic rings. The van der Waals surface area contributed by atoms with E-state index < -0.39 is 0 Å². The molecule has 0 aliphatic carbocycles. The van der Waals surface area contributed by atoms with Crippen LogP contribution < -0.4 is 15.2 Å². The Morgan fingerprint density at radius 2 is 1.86 bits per heavy atom. The van der Waals surface area contributed by atoms with E-state index in [4.69, 9.17) is 15.2 Å². The van der Waals surface area contributed by atoms with Crippen molar-refractivity contribution >= 4 is 0 Å². The van der Waals surface area contributed by atoms with E-state index in [0.29, 0.717) is 6.54 Å². The molecule has 1 unspecified atom stereocenters. The van der Waals surface area contributed by atoms with E-state index in [1.54, 1.807) is 7.11 Å². The highest BCUT2D eigenvalue weighted by molar-refractivity contribution is 5.44. The fourth-order valence-electron chi connectivity index (χ4n) is 2.50. The summed E-state index contributed by atoms with van der Waals surface area (Å²) >= 11 is 0. The SMILES string of the molecule is CCCCOc1ccc(C(CN)N(CC)CC)cc1OC. The number of hydrogen-bond donors (Lipinski definition) is 1. The van der Waals surface area contributed by atoms with Crippen LogP contribution in [0.3, 0.4) is 0 Å². The molecule has 120 valence electrons. The number of rotatable bonds is 10. The van der Waals surface area contributed by atoms with Crippen LogP contribution in [-0.4, -0.2) is 38.3 Å². The summed E-state index contributed by atoms with van der Waals surface area (Å²) in [4.78, 5) is 2.35. The third-order valence-electron chi connectivity index (χ3n) is 3.80. The summed E-state index contributed by atoms with van der Waals surface area (Å²) in [5, 5.41) is 0. The van der Waals surface area contributed by atoms with Crippen LogP contribution in [0.4, 0.5) is 0 Å². The number of hydrogen-bond acceptors (Lipinski definition) is 4. The van der Waals surface area contributed by atoms with Crippen molar-refractivity contribution in [2.45, 2.75) is 39.7 Å². The van der Waals surface area contributed by atoms with Crippen molar-refractivity contribution in [3.8, 4) is 11.5 Å². The first-order valence-corrected chi connectivity index (χ1v) is 7.96. The number of likely N-dealkylation sites (N-methyl/N-ethyl adjacent to an activating group) is 1. The number of nitrogens with zero attached hydrogens (tertiary/aromatic N) is 1. The summed E-state index contributed by atoms with van der Waals surface area (Å²) in [6.45, 7) is 9.76. The van der Waals surface area contributed by atoms with E-state index in [2.05, 4.69) is 37.8 Å². The molecule has 0 aliphatic heterocycles. The molecule has 0 fully saturated rings. The minimum Gasteiger partial charge on any atom is -0.493 e. The molecule has 0 aliphatic rings. The number of benzene rings is 1. The van der Waals surface area contributed by atoms with Crippen LogP contribution in [-0.2, 0) is 0 Å². The Labute approximate surface area is 129 Å². The molecule has 0 bridgehead atoms. The highest BCUT2D eigenvalue weighted by Crippen LogP contribution is 2.32. The van der Waals surface area contributed by atoms with Crippen LogP contribution in [0, 0.1) is 0 Å². The average molecular weight is 294 g/mol. The molecule has 4 nitrogen and oxygen atoms in total. The number of unbranched alkanes of at least 4 members (excludes halogenated alkanes) is 1. The van der Waals surface area contributed by atoms with Crippen molar-refractivity contribution in [2.24, 2.45) is 5.73 Å². The lowest BCUT2D eigenvalue weighted by atomic mass is 10.0. The number of methoxy groups -OCH3 is 1. The van der Waals surface area contributed by atoms with Gasteiger partial charge in [0.15, 0.2) is 11.5 Å². The van der Waals surface area contributed by atoms with Gasteiger partial charge in [0.05, 0.1) is 13.7 Å². The molecular weight excluding hydrogens is 264 g/mol. The molecular formula is C17H30N2O2. The Kier molecular flexibility index (Phi) is 8.16. The second-order valence-corrected chi connectivity index (χ2v) is 5.09. The Bertz CT molecular complexity index is 406. The molecule has 1 rings (SSSR count). The molecule has 0 radical (unpaired) electrons. The zero-order valence-electron chi connectivity index (χ0n) is 13.9. The van der Waals surface area contributed by atoms with Crippen LogP contribution in [0.25, 0.3) is 0 Å². The molecule has 0 aromatic heterocycles. The third kappa shape index (κ3) is 4.90. The van der Waals surface area contributed by atoms with E-state index in [1.807, 2.05) is 6.07 Å². The van der Waals surface area contributed by atoms with Crippen LogP contribution in [0.1, 0.15) is 45.2 Å². The number of ether oxygens (including phenoxy) is 2. The van der Waals surface area contributed by atoms with Crippen LogP contribution in [0.2, 0.25) is 0 Å². The summed E-state index contributed by atoms with van der Waals surface area (Å²) in [6, 6.07) is 6.37. The molecule has 1 aromatic carbocycles. The third-order valence-corrected chi connectivity index (χ3v) is 3.80. The van der Waals surface area contributed by atoms with Gasteiger partial charge < -0.3 is 15.2 Å². The van der Waals surface area contributed by atoms with E-state index in [9.17, 15) is 0 Å². The Morgan fingerprint density at radius 1 is 1.14 bits per heavy atom. The average Bonchev–Trinajstić information content (AvgIpc) is 2.53. The van der Waals surface area contributed by atoms with Gasteiger partial charge in [-0.25, -0.2) is 0 Å². The van der Waals surface area contributed by atoms with Crippen LogP contribution >= 0.6 is 0 Å². The van der Waals surface area contributed by atoms with Crippen molar-refractivity contribution in [1.29, 1.82) is 0 Å². The Balaban J connectivity index is 2.93. The fraction of sp³-hybridized carbons (Fsp3) is 0.647. The van der Waals surface area contributed by atoms with Crippen molar-refractivity contribution in [2.75, 3.05) is 33.4 Å². The van der Waals surface area contributed by atoms with E-state index in [1.165, 1.54) is 5.56 Å². The minimum absolute atomic E-state index is 0.221. The quantitative estimate of drug-likeness (QED) is 0.673. The smallest absolute Gasteiger partial charge is 0.161 e. The topological polar surface area (TPSA) is 47.7 Å². The van der Waals surface area contributed by atoms with Crippen molar-refractivity contribution in [3.05, 3.63) is 23.8 Å². The summed E-state index contributed by atoms with van der Waals surface area (Å²) in [5.41, 5.74) is 7.15. The van der Waals surface area contributed by atoms with Gasteiger partial charge in [0.25, 0.3) is 0 Å². The van der Waals surface area contributed by atoms with Crippen molar-refractivity contribution in [3.63, 3.8) is 0 Å². The molecule has 0 spiro atoms.